The minimum absolute atomic E-state index is 0.00486. The summed E-state index contributed by atoms with van der Waals surface area (Å²) in [5.74, 6) is 0.334. The highest BCUT2D eigenvalue weighted by Gasteiger charge is 2.44. The molecule has 18 nitrogen and oxygen atoms in total. The van der Waals surface area contributed by atoms with Crippen LogP contribution < -0.4 is 17.2 Å². The molecule has 0 saturated carbocycles. The largest absolute Gasteiger partial charge is 0.382 e. The van der Waals surface area contributed by atoms with Crippen molar-refractivity contribution in [2.75, 3.05) is 17.2 Å². The SMILES string of the molecule is CC[C@H]1O[C@@H](n2cnc3c(N)nc(Cl)nc32)[C@H](F)C1C.CC[C@H]1O[C@H](Br)[C@H](F)C1C.CC[C@H]1O[C@H](n2cnc3c(N)nc(Cl)nc32)[C@H](F)C1C.Nc1nc(Cl)nc2nc[nH]c12. The molecule has 7 N–H and O–H groups in total. The Bertz CT molecular complexity index is 2320. The predicted octanol–water partition coefficient (Wildman–Crippen LogP) is 7.77. The van der Waals surface area contributed by atoms with Crippen molar-refractivity contribution in [3.05, 3.63) is 34.8 Å². The van der Waals surface area contributed by atoms with Gasteiger partial charge in [0, 0.05) is 17.8 Å². The Morgan fingerprint density at radius 3 is 1.43 bits per heavy atom. The number of aromatic amines is 1. The Balaban J connectivity index is 0.000000142. The van der Waals surface area contributed by atoms with Crippen molar-refractivity contribution in [2.24, 2.45) is 17.8 Å². The first kappa shape index (κ1) is 46.6. The van der Waals surface area contributed by atoms with Crippen molar-refractivity contribution in [3.8, 4) is 0 Å². The third kappa shape index (κ3) is 9.69. The third-order valence-electron chi connectivity index (χ3n) is 10.9. The van der Waals surface area contributed by atoms with Crippen LogP contribution in [0, 0.1) is 17.8 Å². The highest BCUT2D eigenvalue weighted by molar-refractivity contribution is 9.09. The molecule has 9 rings (SSSR count). The van der Waals surface area contributed by atoms with E-state index < -0.39 is 31.0 Å². The zero-order chi connectivity index (χ0) is 44.4. The zero-order valence-corrected chi connectivity index (χ0v) is 37.7. The summed E-state index contributed by atoms with van der Waals surface area (Å²) in [5.41, 5.74) is 19.7. The van der Waals surface area contributed by atoms with Crippen LogP contribution in [0.5, 0.6) is 0 Å². The lowest BCUT2D eigenvalue weighted by Gasteiger charge is -2.15. The molecule has 9 heterocycles. The van der Waals surface area contributed by atoms with E-state index in [0.29, 0.717) is 39.3 Å². The van der Waals surface area contributed by atoms with Crippen LogP contribution >= 0.6 is 50.7 Å². The van der Waals surface area contributed by atoms with Gasteiger partial charge in [-0.2, -0.15) is 29.9 Å². The topological polar surface area (TPSA) is 247 Å². The van der Waals surface area contributed by atoms with Crippen LogP contribution in [-0.4, -0.2) is 101 Å². The molecule has 0 amide bonds. The predicted molar refractivity (Wildman–Crippen MR) is 229 cm³/mol. The Morgan fingerprint density at radius 1 is 0.623 bits per heavy atom. The fraction of sp³-hybridized carbons (Fsp3) is 0.583. The van der Waals surface area contributed by atoms with Gasteiger partial charge in [-0.1, -0.05) is 57.5 Å². The number of nitrogens with zero attached hydrogens (tertiary/aromatic N) is 11. The second-order valence-electron chi connectivity index (χ2n) is 14.7. The molecule has 6 aromatic heterocycles. The van der Waals surface area contributed by atoms with E-state index in [1.807, 2.05) is 41.5 Å². The monoisotopic (exact) mass is 977 g/mol. The van der Waals surface area contributed by atoms with Crippen molar-refractivity contribution in [3.63, 3.8) is 0 Å². The molecule has 0 radical (unpaired) electrons. The van der Waals surface area contributed by atoms with E-state index in [1.165, 1.54) is 28.1 Å². The number of nitrogen functional groups attached to an aromatic ring is 3. The summed E-state index contributed by atoms with van der Waals surface area (Å²) in [6.07, 6.45) is 2.05. The number of hydrogen-bond donors (Lipinski definition) is 4. The normalized spacial score (nSPS) is 29.6. The number of fused-ring (bicyclic) bond motifs is 3. The van der Waals surface area contributed by atoms with Crippen molar-refractivity contribution < 1.29 is 27.4 Å². The number of nitrogens with two attached hydrogens (primary N) is 3. The Hall–Kier alpha value is -3.93. The zero-order valence-electron chi connectivity index (χ0n) is 33.8. The van der Waals surface area contributed by atoms with Gasteiger partial charge >= 0.3 is 0 Å². The Morgan fingerprint density at radius 2 is 1.03 bits per heavy atom. The maximum Gasteiger partial charge on any atom is 0.226 e. The van der Waals surface area contributed by atoms with Crippen molar-refractivity contribution in [2.45, 2.75) is 115 Å². The number of H-pyrrole nitrogens is 1. The molecule has 6 aromatic rings. The van der Waals surface area contributed by atoms with Crippen LogP contribution in [0.3, 0.4) is 0 Å². The number of imidazole rings is 3. The van der Waals surface area contributed by atoms with Crippen molar-refractivity contribution >= 4 is 102 Å². The molecule has 0 aromatic carbocycles. The Kier molecular flexibility index (Phi) is 15.0. The molecular formula is C36H46BrCl3F3N15O3. The summed E-state index contributed by atoms with van der Waals surface area (Å²) in [5, 5.41) is -0.259. The standard InChI is InChI=1S/2C12H15ClFN5O.C7H12BrFO.C5H4ClN5/c2*1-3-6-5(2)7(14)11(20-6)19-4-16-8-9(15)17-12(13)18-10(8)19;1-3-5-4(2)6(9)7(8)10-5;6-5-10-3(7)2-4(11-5)9-1-8-2/h2*4-7,11H,3H2,1-2H3,(H2,15,17,18);4-7H,3H2,1-2H3;1H,(H3,7,8,9,10,11)/t5?,6-,7-,11+;5?,6-,7-,11-;4?,5-,6-,7+;/m111./s1. The maximum atomic E-state index is 14.4. The van der Waals surface area contributed by atoms with Crippen molar-refractivity contribution in [1.29, 1.82) is 0 Å². The van der Waals surface area contributed by atoms with E-state index in [0.717, 1.165) is 19.3 Å². The summed E-state index contributed by atoms with van der Waals surface area (Å²) in [4.78, 5) is 38.3. The number of aromatic nitrogens is 12. The lowest BCUT2D eigenvalue weighted by molar-refractivity contribution is -0.0187. The molecule has 61 heavy (non-hydrogen) atoms. The van der Waals surface area contributed by atoms with Gasteiger partial charge in [0.25, 0.3) is 0 Å². The van der Waals surface area contributed by atoms with Crippen LogP contribution in [0.15, 0.2) is 19.0 Å². The molecule has 0 aliphatic carbocycles. The second kappa shape index (κ2) is 19.6. The number of nitrogens with one attached hydrogen (secondary N) is 1. The Labute approximate surface area is 371 Å². The van der Waals surface area contributed by atoms with Crippen LogP contribution in [-0.2, 0) is 14.2 Å². The summed E-state index contributed by atoms with van der Waals surface area (Å²) in [6, 6.07) is 0. The van der Waals surface area contributed by atoms with Gasteiger partial charge in [0.05, 0.1) is 37.3 Å². The fourth-order valence-electron chi connectivity index (χ4n) is 7.36. The first-order valence-electron chi connectivity index (χ1n) is 19.4. The average Bonchev–Trinajstić information content (AvgIpc) is 4.08. The minimum atomic E-state index is -1.13. The summed E-state index contributed by atoms with van der Waals surface area (Å²) in [7, 11) is 0. The molecule has 3 fully saturated rings. The average molecular weight is 980 g/mol. The second-order valence-corrected chi connectivity index (χ2v) is 16.6. The van der Waals surface area contributed by atoms with Gasteiger partial charge in [-0.3, -0.25) is 9.13 Å². The molecule has 25 heteroatoms. The van der Waals surface area contributed by atoms with Gasteiger partial charge in [-0.05, 0) is 54.1 Å². The quantitative estimate of drug-likeness (QED) is 0.0952. The van der Waals surface area contributed by atoms with Gasteiger partial charge in [-0.15, -0.1) is 0 Å². The number of rotatable bonds is 5. The van der Waals surface area contributed by atoms with Gasteiger partial charge in [0.1, 0.15) is 27.7 Å². The van der Waals surface area contributed by atoms with E-state index >= 15 is 0 Å². The fourth-order valence-corrected chi connectivity index (χ4v) is 8.63. The van der Waals surface area contributed by atoms with E-state index in [1.54, 1.807) is 0 Å². The molecule has 3 unspecified atom stereocenters. The van der Waals surface area contributed by atoms with E-state index in [2.05, 4.69) is 65.8 Å². The summed E-state index contributed by atoms with van der Waals surface area (Å²) in [6.45, 7) is 11.5. The molecule has 3 aliphatic rings. The minimum Gasteiger partial charge on any atom is -0.382 e. The van der Waals surface area contributed by atoms with Gasteiger partial charge < -0.3 is 36.4 Å². The number of alkyl halides is 4. The van der Waals surface area contributed by atoms with E-state index in [4.69, 9.17) is 66.2 Å². The van der Waals surface area contributed by atoms with E-state index in [-0.39, 0.29) is 68.6 Å². The highest BCUT2D eigenvalue weighted by Crippen LogP contribution is 2.40. The lowest BCUT2D eigenvalue weighted by atomic mass is 10.00. The van der Waals surface area contributed by atoms with Crippen molar-refractivity contribution in [1.82, 2.24) is 59.0 Å². The maximum absolute atomic E-state index is 14.4. The molecular weight excluding hydrogens is 934 g/mol. The first-order valence-corrected chi connectivity index (χ1v) is 21.5. The van der Waals surface area contributed by atoms with Gasteiger partial charge in [-0.25, -0.2) is 28.1 Å². The molecule has 0 bridgehead atoms. The number of hydrogen-bond acceptors (Lipinski definition) is 15. The smallest absolute Gasteiger partial charge is 0.226 e. The molecule has 3 saturated heterocycles. The summed E-state index contributed by atoms with van der Waals surface area (Å²) < 4.78 is 61.7. The van der Waals surface area contributed by atoms with Crippen LogP contribution in [0.25, 0.3) is 33.5 Å². The number of halogens is 7. The van der Waals surface area contributed by atoms with Crippen LogP contribution in [0.1, 0.15) is 73.3 Å². The van der Waals surface area contributed by atoms with Crippen LogP contribution in [0.4, 0.5) is 30.6 Å². The third-order valence-corrected chi connectivity index (χ3v) is 12.1. The molecule has 12 atom stereocenters. The number of anilines is 3. The number of ether oxygens (including phenoxy) is 3. The molecule has 0 spiro atoms. The van der Waals surface area contributed by atoms with Crippen LogP contribution in [0.2, 0.25) is 15.9 Å². The highest BCUT2D eigenvalue weighted by atomic mass is 79.9. The van der Waals surface area contributed by atoms with Gasteiger partial charge in [0.15, 0.2) is 59.2 Å². The lowest BCUT2D eigenvalue weighted by Crippen LogP contribution is -2.20. The van der Waals surface area contributed by atoms with E-state index in [9.17, 15) is 13.2 Å². The summed E-state index contributed by atoms with van der Waals surface area (Å²) >= 11 is 20.3. The van der Waals surface area contributed by atoms with Gasteiger partial charge in [0.2, 0.25) is 15.9 Å². The first-order chi connectivity index (χ1) is 29.0. The molecule has 332 valence electrons. The molecule has 3 aliphatic heterocycles.